The van der Waals surface area contributed by atoms with Crippen LogP contribution < -0.4 is 14.8 Å². The Labute approximate surface area is 222 Å². The van der Waals surface area contributed by atoms with Crippen LogP contribution in [0, 0.1) is 6.92 Å². The van der Waals surface area contributed by atoms with Crippen LogP contribution in [0.25, 0.3) is 5.69 Å². The van der Waals surface area contributed by atoms with E-state index in [0.29, 0.717) is 34.8 Å². The minimum atomic E-state index is -4.59. The van der Waals surface area contributed by atoms with Gasteiger partial charge in [0.25, 0.3) is 0 Å². The standard InChI is InChI=1S/C27H25F3N4O3S/c1-3-36-20-14-10-19(11-15-20)34-24(16-37-21-12-8-18(2)9-13-21)32-33-26(34)38-17-25(35)31-23-7-5-4-6-22(23)27(28,29)30/h4-15H,3,16-17H2,1-2H3,(H,31,35). The van der Waals surface area contributed by atoms with Crippen LogP contribution in [0.3, 0.4) is 0 Å². The van der Waals surface area contributed by atoms with Crippen LogP contribution in [0.4, 0.5) is 18.9 Å². The van der Waals surface area contributed by atoms with Gasteiger partial charge in [0.2, 0.25) is 5.91 Å². The van der Waals surface area contributed by atoms with Crippen LogP contribution in [-0.4, -0.2) is 33.0 Å². The second-order valence-electron chi connectivity index (χ2n) is 8.14. The molecule has 38 heavy (non-hydrogen) atoms. The number of rotatable bonds is 10. The Morgan fingerprint density at radius 1 is 0.947 bits per heavy atom. The number of aromatic nitrogens is 3. The molecule has 1 amide bonds. The van der Waals surface area contributed by atoms with E-state index in [-0.39, 0.29) is 18.0 Å². The topological polar surface area (TPSA) is 78.3 Å². The molecule has 11 heteroatoms. The number of carbonyl (C=O) groups is 1. The van der Waals surface area contributed by atoms with Gasteiger partial charge in [-0.05, 0) is 62.4 Å². The van der Waals surface area contributed by atoms with Crippen molar-refractivity contribution in [2.75, 3.05) is 17.7 Å². The number of nitrogens with zero attached hydrogens (tertiary/aromatic N) is 3. The van der Waals surface area contributed by atoms with Crippen molar-refractivity contribution >= 4 is 23.4 Å². The molecule has 0 radical (unpaired) electrons. The first-order valence-electron chi connectivity index (χ1n) is 11.7. The number of nitrogens with one attached hydrogen (secondary N) is 1. The van der Waals surface area contributed by atoms with E-state index in [1.165, 1.54) is 18.2 Å². The summed E-state index contributed by atoms with van der Waals surface area (Å²) in [6, 6.07) is 19.7. The maximum Gasteiger partial charge on any atom is 0.418 e. The third-order valence-electron chi connectivity index (χ3n) is 5.33. The number of amides is 1. The zero-order valence-corrected chi connectivity index (χ0v) is 21.5. The smallest absolute Gasteiger partial charge is 0.418 e. The Bertz CT molecular complexity index is 1370. The zero-order valence-electron chi connectivity index (χ0n) is 20.7. The van der Waals surface area contributed by atoms with Crippen molar-refractivity contribution in [2.45, 2.75) is 31.8 Å². The maximum absolute atomic E-state index is 13.3. The molecule has 0 aliphatic carbocycles. The monoisotopic (exact) mass is 542 g/mol. The molecule has 3 aromatic carbocycles. The summed E-state index contributed by atoms with van der Waals surface area (Å²) in [4.78, 5) is 12.6. The SMILES string of the molecule is CCOc1ccc(-n2c(COc3ccc(C)cc3)nnc2SCC(=O)Nc2ccccc2C(F)(F)F)cc1. The molecular formula is C27H25F3N4O3S. The summed E-state index contributed by atoms with van der Waals surface area (Å²) in [6.07, 6.45) is -4.59. The van der Waals surface area contributed by atoms with Gasteiger partial charge in [-0.2, -0.15) is 13.2 Å². The lowest BCUT2D eigenvalue weighted by Crippen LogP contribution is -2.18. The Balaban J connectivity index is 1.53. The van der Waals surface area contributed by atoms with Crippen molar-refractivity contribution < 1.29 is 27.4 Å². The lowest BCUT2D eigenvalue weighted by Gasteiger charge is -2.14. The quantitative estimate of drug-likeness (QED) is 0.237. The van der Waals surface area contributed by atoms with Crippen molar-refractivity contribution in [1.29, 1.82) is 0 Å². The second kappa shape index (κ2) is 12.0. The molecule has 0 spiro atoms. The average molecular weight is 543 g/mol. The lowest BCUT2D eigenvalue weighted by molar-refractivity contribution is -0.137. The predicted molar refractivity (Wildman–Crippen MR) is 139 cm³/mol. The first-order chi connectivity index (χ1) is 18.2. The van der Waals surface area contributed by atoms with Crippen molar-refractivity contribution in [3.8, 4) is 17.2 Å². The van der Waals surface area contributed by atoms with Crippen molar-refractivity contribution in [3.05, 3.63) is 89.7 Å². The molecule has 0 saturated heterocycles. The fourth-order valence-electron chi connectivity index (χ4n) is 3.54. The maximum atomic E-state index is 13.3. The highest BCUT2D eigenvalue weighted by molar-refractivity contribution is 7.99. The Morgan fingerprint density at radius 2 is 1.61 bits per heavy atom. The largest absolute Gasteiger partial charge is 0.494 e. The molecule has 198 valence electrons. The normalized spacial score (nSPS) is 11.3. The fraction of sp³-hybridized carbons (Fsp3) is 0.222. The Morgan fingerprint density at radius 3 is 2.29 bits per heavy atom. The van der Waals surface area contributed by atoms with Gasteiger partial charge in [-0.15, -0.1) is 10.2 Å². The number of thioether (sulfide) groups is 1. The molecular weight excluding hydrogens is 517 g/mol. The number of anilines is 1. The summed E-state index contributed by atoms with van der Waals surface area (Å²) in [7, 11) is 0. The predicted octanol–water partition coefficient (Wildman–Crippen LogP) is 6.30. The van der Waals surface area contributed by atoms with Crippen molar-refractivity contribution in [3.63, 3.8) is 0 Å². The molecule has 0 saturated carbocycles. The summed E-state index contributed by atoms with van der Waals surface area (Å²) >= 11 is 1.05. The Hall–Kier alpha value is -3.99. The van der Waals surface area contributed by atoms with Crippen molar-refractivity contribution in [2.24, 2.45) is 0 Å². The molecule has 4 aromatic rings. The number of hydrogen-bond acceptors (Lipinski definition) is 6. The first-order valence-corrected chi connectivity index (χ1v) is 12.7. The summed E-state index contributed by atoms with van der Waals surface area (Å²) in [6.45, 7) is 4.50. The van der Waals surface area contributed by atoms with E-state index >= 15 is 0 Å². The molecule has 7 nitrogen and oxygen atoms in total. The van der Waals surface area contributed by atoms with Gasteiger partial charge in [-0.3, -0.25) is 9.36 Å². The van der Waals surface area contributed by atoms with Gasteiger partial charge in [0, 0.05) is 5.69 Å². The number of para-hydroxylation sites is 1. The number of benzene rings is 3. The van der Waals surface area contributed by atoms with E-state index in [4.69, 9.17) is 9.47 Å². The number of aryl methyl sites for hydroxylation is 1. The van der Waals surface area contributed by atoms with Gasteiger partial charge in [0.15, 0.2) is 11.0 Å². The van der Waals surface area contributed by atoms with Gasteiger partial charge in [-0.1, -0.05) is 41.6 Å². The molecule has 0 aliphatic rings. The molecule has 0 atom stereocenters. The first kappa shape index (κ1) is 27.1. The summed E-state index contributed by atoms with van der Waals surface area (Å²) < 4.78 is 53.0. The number of halogens is 3. The van der Waals surface area contributed by atoms with E-state index in [0.717, 1.165) is 23.4 Å². The minimum absolute atomic E-state index is 0.106. The van der Waals surface area contributed by atoms with E-state index in [2.05, 4.69) is 15.5 Å². The summed E-state index contributed by atoms with van der Waals surface area (Å²) in [5, 5.41) is 11.2. The van der Waals surface area contributed by atoms with E-state index in [1.54, 1.807) is 16.7 Å². The molecule has 0 fully saturated rings. The van der Waals surface area contributed by atoms with Gasteiger partial charge in [-0.25, -0.2) is 0 Å². The highest BCUT2D eigenvalue weighted by Crippen LogP contribution is 2.34. The zero-order chi connectivity index (χ0) is 27.1. The van der Waals surface area contributed by atoms with Crippen molar-refractivity contribution in [1.82, 2.24) is 14.8 Å². The van der Waals surface area contributed by atoms with E-state index in [9.17, 15) is 18.0 Å². The van der Waals surface area contributed by atoms with Crippen LogP contribution in [0.15, 0.2) is 78.0 Å². The van der Waals surface area contributed by atoms with Crippen LogP contribution in [-0.2, 0) is 17.6 Å². The summed E-state index contributed by atoms with van der Waals surface area (Å²) in [5.74, 6) is 1.05. The number of carbonyl (C=O) groups excluding carboxylic acids is 1. The van der Waals surface area contributed by atoms with Gasteiger partial charge in [0.1, 0.15) is 18.1 Å². The van der Waals surface area contributed by atoms with E-state index in [1.807, 2.05) is 50.2 Å². The average Bonchev–Trinajstić information content (AvgIpc) is 3.30. The lowest BCUT2D eigenvalue weighted by atomic mass is 10.1. The summed E-state index contributed by atoms with van der Waals surface area (Å²) in [5.41, 5.74) is 0.605. The van der Waals surface area contributed by atoms with Gasteiger partial charge in [0.05, 0.1) is 23.6 Å². The number of alkyl halides is 3. The molecule has 0 unspecified atom stereocenters. The van der Waals surface area contributed by atoms with Gasteiger partial charge < -0.3 is 14.8 Å². The minimum Gasteiger partial charge on any atom is -0.494 e. The van der Waals surface area contributed by atoms with Crippen LogP contribution in [0.5, 0.6) is 11.5 Å². The highest BCUT2D eigenvalue weighted by Gasteiger charge is 2.33. The van der Waals surface area contributed by atoms with Crippen LogP contribution >= 0.6 is 11.8 Å². The second-order valence-corrected chi connectivity index (χ2v) is 9.09. The molecule has 4 rings (SSSR count). The highest BCUT2D eigenvalue weighted by atomic mass is 32.2. The van der Waals surface area contributed by atoms with E-state index < -0.39 is 17.6 Å². The van der Waals surface area contributed by atoms with Gasteiger partial charge >= 0.3 is 6.18 Å². The fourth-order valence-corrected chi connectivity index (χ4v) is 4.31. The molecule has 1 aromatic heterocycles. The molecule has 1 N–H and O–H groups in total. The number of ether oxygens (including phenoxy) is 2. The van der Waals surface area contributed by atoms with Crippen LogP contribution in [0.1, 0.15) is 23.9 Å². The molecule has 0 bridgehead atoms. The third kappa shape index (κ3) is 6.86. The molecule has 0 aliphatic heterocycles. The number of hydrogen-bond donors (Lipinski definition) is 1. The Kier molecular flexibility index (Phi) is 8.57. The molecule has 1 heterocycles. The van der Waals surface area contributed by atoms with Crippen LogP contribution in [0.2, 0.25) is 0 Å². The third-order valence-corrected chi connectivity index (χ3v) is 6.26.